The van der Waals surface area contributed by atoms with Gasteiger partial charge in [-0.05, 0) is 55.4 Å². The number of halogens is 1. The molecule has 2 aliphatic rings. The van der Waals surface area contributed by atoms with Gasteiger partial charge in [0.15, 0.2) is 0 Å². The maximum absolute atomic E-state index is 12.9. The molecular weight excluding hydrogens is 414 g/mol. The summed E-state index contributed by atoms with van der Waals surface area (Å²) >= 11 is 6.13. The number of nitrogens with zero attached hydrogens (tertiary/aromatic N) is 4. The van der Waals surface area contributed by atoms with Crippen LogP contribution in [0.25, 0.3) is 0 Å². The normalized spacial score (nSPS) is 17.5. The molecule has 7 nitrogen and oxygen atoms in total. The Morgan fingerprint density at radius 2 is 2.23 bits per heavy atom. The summed E-state index contributed by atoms with van der Waals surface area (Å²) in [4.78, 5) is 24.0. The third-order valence-corrected chi connectivity index (χ3v) is 6.36. The van der Waals surface area contributed by atoms with E-state index in [-0.39, 0.29) is 12.1 Å². The summed E-state index contributed by atoms with van der Waals surface area (Å²) in [6.45, 7) is 4.63. The number of urea groups is 1. The quantitative estimate of drug-likeness (QED) is 0.782. The van der Waals surface area contributed by atoms with Crippen LogP contribution in [-0.2, 0) is 24.1 Å². The SMILES string of the molecule is C[C@@H](NC(=O)N1CCc2cnc(CC3CCOCC3)nc2C1)c1ccc(C#N)c(Cl)c1. The molecule has 3 heterocycles. The average molecular weight is 440 g/mol. The van der Waals surface area contributed by atoms with Gasteiger partial charge in [-0.25, -0.2) is 14.8 Å². The van der Waals surface area contributed by atoms with Gasteiger partial charge >= 0.3 is 6.03 Å². The fraction of sp³-hybridized carbons (Fsp3) is 0.478. The highest BCUT2D eigenvalue weighted by molar-refractivity contribution is 6.31. The summed E-state index contributed by atoms with van der Waals surface area (Å²) in [5.41, 5.74) is 3.34. The molecule has 0 aliphatic carbocycles. The molecule has 1 aromatic carbocycles. The van der Waals surface area contributed by atoms with Crippen LogP contribution in [0.2, 0.25) is 5.02 Å². The lowest BCUT2D eigenvalue weighted by atomic mass is 9.96. The van der Waals surface area contributed by atoms with E-state index in [0.29, 0.717) is 29.6 Å². The van der Waals surface area contributed by atoms with Crippen LogP contribution in [0.5, 0.6) is 0 Å². The molecule has 0 spiro atoms. The van der Waals surface area contributed by atoms with Crippen molar-refractivity contribution in [1.82, 2.24) is 20.2 Å². The molecule has 0 unspecified atom stereocenters. The Hall–Kier alpha value is -2.69. The third kappa shape index (κ3) is 5.15. The molecule has 1 saturated heterocycles. The van der Waals surface area contributed by atoms with Crippen molar-refractivity contribution in [3.05, 3.63) is 57.6 Å². The van der Waals surface area contributed by atoms with Crippen LogP contribution < -0.4 is 5.32 Å². The molecule has 162 valence electrons. The molecule has 2 amide bonds. The van der Waals surface area contributed by atoms with Crippen molar-refractivity contribution in [2.75, 3.05) is 19.8 Å². The Morgan fingerprint density at radius 1 is 1.42 bits per heavy atom. The highest BCUT2D eigenvalue weighted by Gasteiger charge is 2.24. The first-order valence-corrected chi connectivity index (χ1v) is 11.1. The van der Waals surface area contributed by atoms with Gasteiger partial charge in [-0.15, -0.1) is 0 Å². The summed E-state index contributed by atoms with van der Waals surface area (Å²) < 4.78 is 5.44. The van der Waals surface area contributed by atoms with E-state index in [4.69, 9.17) is 26.6 Å². The summed E-state index contributed by atoms with van der Waals surface area (Å²) in [6, 6.07) is 6.90. The zero-order chi connectivity index (χ0) is 21.8. The maximum Gasteiger partial charge on any atom is 0.318 e. The molecule has 2 aliphatic heterocycles. The lowest BCUT2D eigenvalue weighted by Gasteiger charge is -2.30. The summed E-state index contributed by atoms with van der Waals surface area (Å²) in [6.07, 6.45) is 5.63. The molecule has 31 heavy (non-hydrogen) atoms. The van der Waals surface area contributed by atoms with E-state index in [1.54, 1.807) is 17.0 Å². The van der Waals surface area contributed by atoms with Crippen molar-refractivity contribution in [2.45, 2.75) is 45.2 Å². The standard InChI is InChI=1S/C23H26ClN5O2/c1-15(17-2-3-18(12-25)20(24)11-17)27-23(30)29-7-4-19-13-26-22(28-21(19)14-29)10-16-5-8-31-9-6-16/h2-3,11,13,15-16H,4-10,14H2,1H3,(H,27,30)/t15-/m1/s1. The van der Waals surface area contributed by atoms with Crippen LogP contribution in [0.15, 0.2) is 24.4 Å². The van der Waals surface area contributed by atoms with Crippen LogP contribution in [0.4, 0.5) is 4.79 Å². The summed E-state index contributed by atoms with van der Waals surface area (Å²) in [5, 5.41) is 12.4. The summed E-state index contributed by atoms with van der Waals surface area (Å²) in [5.74, 6) is 1.42. The van der Waals surface area contributed by atoms with Crippen molar-refractivity contribution in [2.24, 2.45) is 5.92 Å². The molecular formula is C23H26ClN5O2. The van der Waals surface area contributed by atoms with Crippen LogP contribution in [0.3, 0.4) is 0 Å². The van der Waals surface area contributed by atoms with Gasteiger partial charge in [-0.1, -0.05) is 17.7 Å². The van der Waals surface area contributed by atoms with Gasteiger partial charge in [0.1, 0.15) is 11.9 Å². The van der Waals surface area contributed by atoms with E-state index < -0.39 is 0 Å². The predicted octanol–water partition coefficient (Wildman–Crippen LogP) is 3.80. The van der Waals surface area contributed by atoms with Gasteiger partial charge in [0, 0.05) is 32.4 Å². The Labute approximate surface area is 187 Å². The number of carbonyl (C=O) groups excluding carboxylic acids is 1. The number of benzene rings is 1. The average Bonchev–Trinajstić information content (AvgIpc) is 2.79. The minimum Gasteiger partial charge on any atom is -0.381 e. The van der Waals surface area contributed by atoms with Gasteiger partial charge in [0.2, 0.25) is 0 Å². The van der Waals surface area contributed by atoms with E-state index >= 15 is 0 Å². The Kier molecular flexibility index (Phi) is 6.69. The van der Waals surface area contributed by atoms with E-state index in [1.165, 1.54) is 0 Å². The van der Waals surface area contributed by atoms with E-state index in [2.05, 4.69) is 10.3 Å². The second kappa shape index (κ2) is 9.63. The number of ether oxygens (including phenoxy) is 1. The molecule has 4 rings (SSSR count). The zero-order valence-electron chi connectivity index (χ0n) is 17.6. The molecule has 8 heteroatoms. The minimum absolute atomic E-state index is 0.136. The molecule has 1 fully saturated rings. The molecule has 0 radical (unpaired) electrons. The number of rotatable bonds is 4. The third-order valence-electron chi connectivity index (χ3n) is 6.05. The molecule has 2 aromatic rings. The zero-order valence-corrected chi connectivity index (χ0v) is 18.4. The smallest absolute Gasteiger partial charge is 0.318 e. The summed E-state index contributed by atoms with van der Waals surface area (Å²) in [7, 11) is 0. The van der Waals surface area contributed by atoms with Gasteiger partial charge in [-0.3, -0.25) is 0 Å². The predicted molar refractivity (Wildman–Crippen MR) is 117 cm³/mol. The van der Waals surface area contributed by atoms with Crippen LogP contribution >= 0.6 is 11.6 Å². The van der Waals surface area contributed by atoms with Crippen molar-refractivity contribution in [3.63, 3.8) is 0 Å². The van der Waals surface area contributed by atoms with Crippen LogP contribution in [0.1, 0.15) is 54.0 Å². The molecule has 1 N–H and O–H groups in total. The second-order valence-electron chi connectivity index (χ2n) is 8.21. The maximum atomic E-state index is 12.9. The lowest BCUT2D eigenvalue weighted by molar-refractivity contribution is 0.0659. The van der Waals surface area contributed by atoms with Crippen LogP contribution in [-0.4, -0.2) is 40.7 Å². The highest BCUT2D eigenvalue weighted by atomic mass is 35.5. The first-order chi connectivity index (χ1) is 15.0. The van der Waals surface area contributed by atoms with E-state index in [0.717, 1.165) is 61.5 Å². The Morgan fingerprint density at radius 3 is 2.97 bits per heavy atom. The van der Waals surface area contributed by atoms with Crippen LogP contribution in [0, 0.1) is 17.2 Å². The van der Waals surface area contributed by atoms with Gasteiger partial charge in [0.05, 0.1) is 28.9 Å². The minimum atomic E-state index is -0.228. The topological polar surface area (TPSA) is 91.1 Å². The number of hydrogen-bond acceptors (Lipinski definition) is 5. The number of aromatic nitrogens is 2. The number of hydrogen-bond donors (Lipinski definition) is 1. The largest absolute Gasteiger partial charge is 0.381 e. The number of amides is 2. The first kappa shape index (κ1) is 21.5. The molecule has 1 aromatic heterocycles. The first-order valence-electron chi connectivity index (χ1n) is 10.7. The monoisotopic (exact) mass is 439 g/mol. The van der Waals surface area contributed by atoms with E-state index in [1.807, 2.05) is 25.3 Å². The van der Waals surface area contributed by atoms with Gasteiger partial charge in [-0.2, -0.15) is 5.26 Å². The molecule has 0 saturated carbocycles. The van der Waals surface area contributed by atoms with Crippen molar-refractivity contribution < 1.29 is 9.53 Å². The molecule has 1 atom stereocenters. The van der Waals surface area contributed by atoms with Gasteiger partial charge in [0.25, 0.3) is 0 Å². The fourth-order valence-electron chi connectivity index (χ4n) is 4.08. The van der Waals surface area contributed by atoms with Crippen molar-refractivity contribution >= 4 is 17.6 Å². The number of nitrogens with one attached hydrogen (secondary N) is 1. The lowest BCUT2D eigenvalue weighted by Crippen LogP contribution is -2.44. The number of fused-ring (bicyclic) bond motifs is 1. The Balaban J connectivity index is 1.39. The van der Waals surface area contributed by atoms with Crippen molar-refractivity contribution in [3.8, 4) is 6.07 Å². The fourth-order valence-corrected chi connectivity index (χ4v) is 4.31. The highest BCUT2D eigenvalue weighted by Crippen LogP contribution is 2.23. The number of nitriles is 1. The second-order valence-corrected chi connectivity index (χ2v) is 8.62. The number of carbonyl (C=O) groups is 1. The van der Waals surface area contributed by atoms with Gasteiger partial charge < -0.3 is 15.0 Å². The van der Waals surface area contributed by atoms with Crippen molar-refractivity contribution in [1.29, 1.82) is 5.26 Å². The van der Waals surface area contributed by atoms with E-state index in [9.17, 15) is 4.79 Å². The Bertz CT molecular complexity index is 1000. The molecule has 0 bridgehead atoms.